The van der Waals surface area contributed by atoms with Crippen LogP contribution in [-0.4, -0.2) is 0 Å². The maximum absolute atomic E-state index is 13.7. The number of alkyl halides is 1. The minimum atomic E-state index is -0.416. The Morgan fingerprint density at radius 1 is 1.22 bits per heavy atom. The molecule has 0 aromatic heterocycles. The van der Waals surface area contributed by atoms with E-state index in [9.17, 15) is 8.78 Å². The summed E-state index contributed by atoms with van der Waals surface area (Å²) in [5, 5.41) is -0.416. The molecule has 18 heavy (non-hydrogen) atoms. The van der Waals surface area contributed by atoms with E-state index < -0.39 is 5.38 Å². The van der Waals surface area contributed by atoms with Crippen molar-refractivity contribution in [2.45, 2.75) is 50.8 Å². The van der Waals surface area contributed by atoms with Crippen molar-refractivity contribution in [1.82, 2.24) is 0 Å². The molecule has 0 N–H and O–H groups in total. The fourth-order valence-electron chi connectivity index (χ4n) is 2.74. The number of rotatable bonds is 4. The molecule has 0 aliphatic heterocycles. The molecule has 1 unspecified atom stereocenters. The molecule has 1 saturated carbocycles. The van der Waals surface area contributed by atoms with E-state index in [1.807, 2.05) is 0 Å². The summed E-state index contributed by atoms with van der Waals surface area (Å²) >= 11 is 6.21. The second-order valence-electron chi connectivity index (χ2n) is 5.32. The average molecular weight is 273 g/mol. The number of aryl methyl sites for hydroxylation is 1. The fourth-order valence-corrected chi connectivity index (χ4v) is 3.03. The zero-order chi connectivity index (χ0) is 13.1. The Morgan fingerprint density at radius 3 is 2.56 bits per heavy atom. The van der Waals surface area contributed by atoms with Gasteiger partial charge in [-0.15, -0.1) is 11.6 Å². The largest absolute Gasteiger partial charge is 0.207 e. The molecule has 1 atom stereocenters. The van der Waals surface area contributed by atoms with Crippen molar-refractivity contribution in [2.75, 3.05) is 0 Å². The van der Waals surface area contributed by atoms with Gasteiger partial charge in [0.25, 0.3) is 0 Å². The van der Waals surface area contributed by atoms with E-state index in [1.165, 1.54) is 37.8 Å². The first-order valence-corrected chi connectivity index (χ1v) is 7.11. The van der Waals surface area contributed by atoms with Crippen LogP contribution in [0.2, 0.25) is 0 Å². The van der Waals surface area contributed by atoms with Crippen LogP contribution in [0.3, 0.4) is 0 Å². The van der Waals surface area contributed by atoms with E-state index in [0.29, 0.717) is 11.1 Å². The number of hydrogen-bond donors (Lipinski definition) is 0. The lowest BCUT2D eigenvalue weighted by Crippen LogP contribution is -2.01. The molecule has 1 aromatic rings. The first kappa shape index (κ1) is 13.8. The third kappa shape index (κ3) is 3.23. The molecule has 0 spiro atoms. The molecule has 1 aliphatic carbocycles. The average Bonchev–Trinajstić information content (AvgIpc) is 2.84. The summed E-state index contributed by atoms with van der Waals surface area (Å²) in [7, 11) is 0. The molecule has 2 rings (SSSR count). The molecular formula is C15H19ClF2. The summed E-state index contributed by atoms with van der Waals surface area (Å²) in [6.45, 7) is 1.56. The molecule has 0 amide bonds. The summed E-state index contributed by atoms with van der Waals surface area (Å²) in [5.74, 6) is -0.0390. The van der Waals surface area contributed by atoms with Crippen molar-refractivity contribution >= 4 is 11.6 Å². The molecule has 0 saturated heterocycles. The van der Waals surface area contributed by atoms with Gasteiger partial charge in [0.1, 0.15) is 11.6 Å². The quantitative estimate of drug-likeness (QED) is 0.633. The molecule has 3 heteroatoms. The zero-order valence-electron chi connectivity index (χ0n) is 10.7. The van der Waals surface area contributed by atoms with Crippen molar-refractivity contribution < 1.29 is 8.78 Å². The lowest BCUT2D eigenvalue weighted by atomic mass is 9.97. The Labute approximate surface area is 112 Å². The van der Waals surface area contributed by atoms with E-state index in [0.717, 1.165) is 18.8 Å². The standard InChI is InChI=1S/C15H19ClF2/c1-10-8-15(18)12(9-14(10)17)13(16)7-6-11-4-2-3-5-11/h8-9,11,13H,2-7H2,1H3. The van der Waals surface area contributed by atoms with Crippen LogP contribution in [0.25, 0.3) is 0 Å². The van der Waals surface area contributed by atoms with E-state index in [-0.39, 0.29) is 11.6 Å². The topological polar surface area (TPSA) is 0 Å². The van der Waals surface area contributed by atoms with E-state index in [2.05, 4.69) is 0 Å². The Hall–Kier alpha value is -0.630. The Bertz CT molecular complexity index is 411. The maximum Gasteiger partial charge on any atom is 0.128 e. The second kappa shape index (κ2) is 6.01. The first-order chi connectivity index (χ1) is 8.58. The van der Waals surface area contributed by atoms with Crippen LogP contribution in [0.4, 0.5) is 8.78 Å². The van der Waals surface area contributed by atoms with Crippen LogP contribution in [0.5, 0.6) is 0 Å². The molecular weight excluding hydrogens is 254 g/mol. The Morgan fingerprint density at radius 2 is 1.89 bits per heavy atom. The highest BCUT2D eigenvalue weighted by Gasteiger charge is 2.19. The monoisotopic (exact) mass is 272 g/mol. The minimum Gasteiger partial charge on any atom is -0.207 e. The van der Waals surface area contributed by atoms with E-state index in [4.69, 9.17) is 11.6 Å². The normalized spacial score (nSPS) is 18.2. The number of benzene rings is 1. The van der Waals surface area contributed by atoms with Crippen molar-refractivity contribution in [3.05, 3.63) is 34.9 Å². The number of halogens is 3. The zero-order valence-corrected chi connectivity index (χ0v) is 11.4. The molecule has 1 fully saturated rings. The minimum absolute atomic E-state index is 0.303. The Kier molecular flexibility index (Phi) is 4.60. The highest BCUT2D eigenvalue weighted by molar-refractivity contribution is 6.20. The van der Waals surface area contributed by atoms with Crippen molar-refractivity contribution in [2.24, 2.45) is 5.92 Å². The van der Waals surface area contributed by atoms with Crippen LogP contribution in [-0.2, 0) is 0 Å². The van der Waals surface area contributed by atoms with Crippen LogP contribution in [0, 0.1) is 24.5 Å². The maximum atomic E-state index is 13.7. The van der Waals surface area contributed by atoms with Crippen LogP contribution in [0.1, 0.15) is 55.0 Å². The first-order valence-electron chi connectivity index (χ1n) is 6.67. The van der Waals surface area contributed by atoms with Gasteiger partial charge in [0.15, 0.2) is 0 Å². The third-order valence-corrected chi connectivity index (χ3v) is 4.37. The summed E-state index contributed by atoms with van der Waals surface area (Å²) < 4.78 is 27.2. The third-order valence-electron chi connectivity index (χ3n) is 3.92. The van der Waals surface area contributed by atoms with Crippen molar-refractivity contribution in [1.29, 1.82) is 0 Å². The van der Waals surface area contributed by atoms with Gasteiger partial charge in [0, 0.05) is 5.56 Å². The predicted molar refractivity (Wildman–Crippen MR) is 70.9 cm³/mol. The van der Waals surface area contributed by atoms with Gasteiger partial charge in [0.05, 0.1) is 5.38 Å². The molecule has 1 aliphatic rings. The Balaban J connectivity index is 1.99. The summed E-state index contributed by atoms with van der Waals surface area (Å²) in [6.07, 6.45) is 6.85. The van der Waals surface area contributed by atoms with Gasteiger partial charge in [-0.25, -0.2) is 8.78 Å². The smallest absolute Gasteiger partial charge is 0.128 e. The lowest BCUT2D eigenvalue weighted by molar-refractivity contribution is 0.474. The molecule has 100 valence electrons. The summed E-state index contributed by atoms with van der Waals surface area (Å²) in [6, 6.07) is 2.48. The van der Waals surface area contributed by atoms with Crippen LogP contribution >= 0.6 is 11.6 Å². The molecule has 0 radical (unpaired) electrons. The van der Waals surface area contributed by atoms with Gasteiger partial charge in [-0.1, -0.05) is 25.7 Å². The highest BCUT2D eigenvalue weighted by atomic mass is 35.5. The second-order valence-corrected chi connectivity index (χ2v) is 5.85. The van der Waals surface area contributed by atoms with Gasteiger partial charge in [-0.2, -0.15) is 0 Å². The van der Waals surface area contributed by atoms with Gasteiger partial charge in [0.2, 0.25) is 0 Å². The highest BCUT2D eigenvalue weighted by Crippen LogP contribution is 2.35. The van der Waals surface area contributed by atoms with E-state index in [1.54, 1.807) is 6.92 Å². The SMILES string of the molecule is Cc1cc(F)c(C(Cl)CCC2CCCC2)cc1F. The van der Waals surface area contributed by atoms with Crippen molar-refractivity contribution in [3.8, 4) is 0 Å². The van der Waals surface area contributed by atoms with Crippen molar-refractivity contribution in [3.63, 3.8) is 0 Å². The van der Waals surface area contributed by atoms with Gasteiger partial charge in [-0.05, 0) is 43.4 Å². The predicted octanol–water partition coefficient (Wildman–Crippen LogP) is 5.52. The summed E-state index contributed by atoms with van der Waals surface area (Å²) in [5.41, 5.74) is 0.633. The number of hydrogen-bond acceptors (Lipinski definition) is 0. The fraction of sp³-hybridized carbons (Fsp3) is 0.600. The molecule has 0 nitrogen and oxygen atoms in total. The summed E-state index contributed by atoms with van der Waals surface area (Å²) in [4.78, 5) is 0. The molecule has 0 bridgehead atoms. The van der Waals surface area contributed by atoms with Gasteiger partial charge >= 0.3 is 0 Å². The lowest BCUT2D eigenvalue weighted by Gasteiger charge is -2.14. The van der Waals surface area contributed by atoms with E-state index >= 15 is 0 Å². The van der Waals surface area contributed by atoms with Crippen LogP contribution in [0.15, 0.2) is 12.1 Å². The van der Waals surface area contributed by atoms with Gasteiger partial charge < -0.3 is 0 Å². The molecule has 1 aromatic carbocycles. The van der Waals surface area contributed by atoms with Gasteiger partial charge in [-0.3, -0.25) is 0 Å². The van der Waals surface area contributed by atoms with Crippen LogP contribution < -0.4 is 0 Å². The molecule has 0 heterocycles.